The number of carboxylic acid groups (broad SMARTS) is 1. The molecule has 0 aliphatic carbocycles. The molecule has 0 fully saturated rings. The van der Waals surface area contributed by atoms with Crippen molar-refractivity contribution in [3.8, 4) is 5.40 Å². The van der Waals surface area contributed by atoms with Gasteiger partial charge in [0.2, 0.25) is 5.40 Å². The molecule has 0 heterocycles. The van der Waals surface area contributed by atoms with Gasteiger partial charge in [0.1, 0.15) is 0 Å². The Labute approximate surface area is 50.8 Å². The zero-order valence-corrected chi connectivity index (χ0v) is 4.84. The number of hydrogen-bond acceptors (Lipinski definition) is 4. The van der Waals surface area contributed by atoms with Crippen LogP contribution in [0.3, 0.4) is 0 Å². The van der Waals surface area contributed by atoms with E-state index in [-0.39, 0.29) is 0 Å². The third kappa shape index (κ3) is 3.31. The van der Waals surface area contributed by atoms with Gasteiger partial charge in [-0.1, -0.05) is 0 Å². The van der Waals surface area contributed by atoms with E-state index < -0.39 is 16.1 Å². The highest BCUT2D eigenvalue weighted by Gasteiger charge is 2.09. The molecule has 7 heteroatoms. The van der Waals surface area contributed by atoms with Crippen molar-refractivity contribution in [3.05, 3.63) is 0 Å². The molecule has 0 saturated carbocycles. The lowest BCUT2D eigenvalue weighted by Gasteiger charge is -1.88. The summed E-state index contributed by atoms with van der Waals surface area (Å²) in [5.41, 5.74) is 0. The van der Waals surface area contributed by atoms with Gasteiger partial charge in [-0.3, -0.25) is 0 Å². The van der Waals surface area contributed by atoms with E-state index in [2.05, 4.69) is 0 Å². The van der Waals surface area contributed by atoms with Crippen LogP contribution in [0, 0.1) is 10.7 Å². The Morgan fingerprint density at radius 2 is 2.11 bits per heavy atom. The number of carbonyl (C=O) groups is 1. The highest BCUT2D eigenvalue weighted by Crippen LogP contribution is 1.75. The largest absolute Gasteiger partial charge is 0.464 e. The van der Waals surface area contributed by atoms with Crippen LogP contribution in [-0.2, 0) is 10.0 Å². The average Bonchev–Trinajstić information content (AvgIpc) is 1.63. The second-order valence-corrected chi connectivity index (χ2v) is 2.40. The first-order chi connectivity index (χ1) is 3.98. The summed E-state index contributed by atoms with van der Waals surface area (Å²) in [5, 5.41) is 16.2. The van der Waals surface area contributed by atoms with E-state index in [1.54, 1.807) is 0 Å². The van der Waals surface area contributed by atoms with Crippen LogP contribution in [-0.4, -0.2) is 19.6 Å². The summed E-state index contributed by atoms with van der Waals surface area (Å²) in [6, 6.07) is 0. The van der Waals surface area contributed by atoms with Crippen molar-refractivity contribution in [1.29, 1.82) is 5.26 Å². The predicted octanol–water partition coefficient (Wildman–Crippen LogP) is -0.935. The molecule has 6 nitrogen and oxygen atoms in total. The fourth-order valence-corrected chi connectivity index (χ4v) is 0.413. The molecule has 0 unspecified atom stereocenters. The quantitative estimate of drug-likeness (QED) is 0.370. The van der Waals surface area contributed by atoms with Gasteiger partial charge in [0, 0.05) is 0 Å². The number of amides is 1. The van der Waals surface area contributed by atoms with Crippen LogP contribution >= 0.6 is 0 Å². The van der Waals surface area contributed by atoms with Gasteiger partial charge < -0.3 is 5.11 Å². The average molecular weight is 150 g/mol. The lowest BCUT2D eigenvalue weighted by atomic mass is 11.3. The monoisotopic (exact) mass is 150 g/mol. The molecule has 1 amide bonds. The van der Waals surface area contributed by atoms with Crippen molar-refractivity contribution in [2.24, 2.45) is 0 Å². The number of rotatable bonds is 1. The van der Waals surface area contributed by atoms with Crippen LogP contribution in [0.2, 0.25) is 0 Å². The first-order valence-corrected chi connectivity index (χ1v) is 3.13. The zero-order valence-electron chi connectivity index (χ0n) is 4.03. The second kappa shape index (κ2) is 2.32. The Morgan fingerprint density at radius 1 is 1.67 bits per heavy atom. The number of hydrogen-bond donors (Lipinski definition) is 2. The maximum atomic E-state index is 9.96. The Hall–Kier alpha value is -1.29. The molecule has 0 atom stereocenters. The molecule has 0 aliphatic heterocycles. The molecule has 0 aromatic rings. The summed E-state index contributed by atoms with van der Waals surface area (Å²) in [4.78, 5) is 9.53. The van der Waals surface area contributed by atoms with Crippen LogP contribution in [0.4, 0.5) is 4.79 Å². The Morgan fingerprint density at radius 3 is 2.22 bits per heavy atom. The Bertz CT molecular complexity index is 246. The highest BCUT2D eigenvalue weighted by atomic mass is 32.2. The molecule has 0 aromatic carbocycles. The number of sulfonamides is 1. The fraction of sp³-hybridized carbons (Fsp3) is 0. The minimum Gasteiger partial charge on any atom is -0.464 e. The van der Waals surface area contributed by atoms with Crippen molar-refractivity contribution in [3.63, 3.8) is 0 Å². The standard InChI is InChI=1S/C2H2N2O4S/c3-1-9(7,8)4-2(5)6/h4H,(H,5,6). The summed E-state index contributed by atoms with van der Waals surface area (Å²) >= 11 is 0. The predicted molar refractivity (Wildman–Crippen MR) is 25.7 cm³/mol. The van der Waals surface area contributed by atoms with E-state index >= 15 is 0 Å². The molecule has 0 aliphatic rings. The van der Waals surface area contributed by atoms with Gasteiger partial charge >= 0.3 is 16.1 Å². The van der Waals surface area contributed by atoms with E-state index in [1.807, 2.05) is 0 Å². The van der Waals surface area contributed by atoms with Crippen LogP contribution < -0.4 is 4.72 Å². The fourth-order valence-electron chi connectivity index (χ4n) is 0.138. The first kappa shape index (κ1) is 7.71. The van der Waals surface area contributed by atoms with Crippen molar-refractivity contribution in [2.75, 3.05) is 0 Å². The smallest absolute Gasteiger partial charge is 0.419 e. The number of nitriles is 1. The molecule has 9 heavy (non-hydrogen) atoms. The third-order valence-electron chi connectivity index (χ3n) is 0.342. The minimum absolute atomic E-state index is 0.753. The number of nitrogens with zero attached hydrogens (tertiary/aromatic N) is 1. The molecular formula is C2H2N2O4S. The van der Waals surface area contributed by atoms with Crippen molar-refractivity contribution < 1.29 is 18.3 Å². The van der Waals surface area contributed by atoms with Gasteiger partial charge in [-0.15, -0.1) is 0 Å². The lowest BCUT2D eigenvalue weighted by molar-refractivity contribution is 0.201. The molecule has 0 bridgehead atoms. The highest BCUT2D eigenvalue weighted by molar-refractivity contribution is 7.94. The van der Waals surface area contributed by atoms with E-state index in [9.17, 15) is 13.2 Å². The molecule has 50 valence electrons. The van der Waals surface area contributed by atoms with Crippen LogP contribution in [0.5, 0.6) is 0 Å². The minimum atomic E-state index is -4.26. The summed E-state index contributed by atoms with van der Waals surface area (Å²) in [6.07, 6.45) is -1.77. The van der Waals surface area contributed by atoms with Gasteiger partial charge in [0.25, 0.3) is 0 Å². The lowest BCUT2D eigenvalue weighted by Crippen LogP contribution is -2.26. The van der Waals surface area contributed by atoms with Crippen molar-refractivity contribution in [2.45, 2.75) is 0 Å². The van der Waals surface area contributed by atoms with Crippen molar-refractivity contribution >= 4 is 16.1 Å². The summed E-state index contributed by atoms with van der Waals surface area (Å²) < 4.78 is 20.9. The van der Waals surface area contributed by atoms with Gasteiger partial charge in [0.15, 0.2) is 0 Å². The van der Waals surface area contributed by atoms with Crippen LogP contribution in [0.25, 0.3) is 0 Å². The Kier molecular flexibility index (Phi) is 1.99. The maximum Gasteiger partial charge on any atom is 0.419 e. The maximum absolute atomic E-state index is 9.96. The number of nitrogens with one attached hydrogen (secondary N) is 1. The van der Waals surface area contributed by atoms with E-state index in [4.69, 9.17) is 10.4 Å². The summed E-state index contributed by atoms with van der Waals surface area (Å²) in [6.45, 7) is 0. The van der Waals surface area contributed by atoms with Gasteiger partial charge in [0.05, 0.1) is 0 Å². The third-order valence-corrected chi connectivity index (χ3v) is 1.03. The molecule has 2 N–H and O–H groups in total. The van der Waals surface area contributed by atoms with E-state index in [0.717, 1.165) is 10.1 Å². The van der Waals surface area contributed by atoms with Crippen LogP contribution in [0.15, 0.2) is 0 Å². The first-order valence-electron chi connectivity index (χ1n) is 1.64. The molecule has 0 radical (unpaired) electrons. The normalized spacial score (nSPS) is 9.67. The number of thiocyanates is 1. The molecule has 0 rings (SSSR count). The zero-order chi connectivity index (χ0) is 7.49. The van der Waals surface area contributed by atoms with Gasteiger partial charge in [-0.25, -0.2) is 9.52 Å². The van der Waals surface area contributed by atoms with E-state index in [0.29, 0.717) is 0 Å². The Balaban J connectivity index is 4.29. The van der Waals surface area contributed by atoms with Gasteiger partial charge in [-0.2, -0.15) is 13.7 Å². The molecule has 0 aromatic heterocycles. The summed E-state index contributed by atoms with van der Waals surface area (Å²) in [7, 11) is -4.26. The summed E-state index contributed by atoms with van der Waals surface area (Å²) in [5.74, 6) is 0. The molecular weight excluding hydrogens is 148 g/mol. The topological polar surface area (TPSA) is 107 Å². The van der Waals surface area contributed by atoms with Crippen molar-refractivity contribution in [1.82, 2.24) is 4.72 Å². The van der Waals surface area contributed by atoms with E-state index in [1.165, 1.54) is 0 Å². The van der Waals surface area contributed by atoms with Crippen LogP contribution in [0.1, 0.15) is 0 Å². The molecule has 0 saturated heterocycles. The molecule has 0 spiro atoms. The van der Waals surface area contributed by atoms with Gasteiger partial charge in [-0.05, 0) is 0 Å². The second-order valence-electron chi connectivity index (χ2n) is 1.00. The SMILES string of the molecule is N#CS(=O)(=O)NC(=O)O.